The molecule has 3 amide bonds. The second kappa shape index (κ2) is 17.7. The first kappa shape index (κ1) is 44.1. The van der Waals surface area contributed by atoms with Crippen LogP contribution >= 0.6 is 15.6 Å². The Hall–Kier alpha value is -3.57. The van der Waals surface area contributed by atoms with Gasteiger partial charge in [-0.3, -0.25) is 9.05 Å². The minimum absolute atomic E-state index is 0.0885. The highest BCUT2D eigenvalue weighted by atomic mass is 31.2. The molecule has 0 spiro atoms. The van der Waals surface area contributed by atoms with Crippen LogP contribution in [0.15, 0.2) is 48.5 Å². The smallest absolute Gasteiger partial charge is 0.449 e. The minimum atomic E-state index is -4.73. The van der Waals surface area contributed by atoms with Gasteiger partial charge in [-0.05, 0) is 76.6 Å². The van der Waals surface area contributed by atoms with E-state index in [2.05, 4.69) is 26.5 Å². The lowest BCUT2D eigenvalue weighted by Gasteiger charge is -2.28. The third kappa shape index (κ3) is 13.6. The van der Waals surface area contributed by atoms with Crippen LogP contribution in [0.3, 0.4) is 0 Å². The summed E-state index contributed by atoms with van der Waals surface area (Å²) >= 11 is 0. The molecule has 55 heavy (non-hydrogen) atoms. The average Bonchev–Trinajstić information content (AvgIpc) is 3.73. The SMILES string of the molecule is CC(C)(C)OC(=O)N1C[C@@H](N)C[C@H]1COP(=O)(O)O.CC(C)(C)OC(=O)N1C[C@@H](NC(=O)OCC2c3ccccc3-c3ccccc32)C[C@H]1COP(=O)(O)O. The van der Waals surface area contributed by atoms with Crippen molar-refractivity contribution in [1.29, 1.82) is 0 Å². The molecule has 2 heterocycles. The van der Waals surface area contributed by atoms with E-state index < -0.39 is 69.9 Å². The number of amides is 3. The Labute approximate surface area is 320 Å². The highest BCUT2D eigenvalue weighted by Gasteiger charge is 2.40. The van der Waals surface area contributed by atoms with Crippen LogP contribution in [0.4, 0.5) is 14.4 Å². The van der Waals surface area contributed by atoms with Gasteiger partial charge in [0.05, 0.1) is 31.3 Å². The third-order valence-electron chi connectivity index (χ3n) is 8.65. The lowest BCUT2D eigenvalue weighted by atomic mass is 9.98. The Morgan fingerprint density at radius 3 is 1.62 bits per heavy atom. The predicted octanol–water partition coefficient (Wildman–Crippen LogP) is 4.44. The molecule has 2 aromatic carbocycles. The Morgan fingerprint density at radius 2 is 1.16 bits per heavy atom. The lowest BCUT2D eigenvalue weighted by Crippen LogP contribution is -2.43. The highest BCUT2D eigenvalue weighted by molar-refractivity contribution is 7.46. The molecule has 0 aromatic heterocycles. The summed E-state index contributed by atoms with van der Waals surface area (Å²) in [4.78, 5) is 75.5. The number of phosphoric acid groups is 2. The fourth-order valence-electron chi connectivity index (χ4n) is 6.55. The number of nitrogens with zero attached hydrogens (tertiary/aromatic N) is 2. The van der Waals surface area contributed by atoms with Gasteiger partial charge in [-0.1, -0.05) is 48.5 Å². The summed E-state index contributed by atoms with van der Waals surface area (Å²) in [6.07, 6.45) is -1.20. The monoisotopic (exact) mass is 814 g/mol. The van der Waals surface area contributed by atoms with Gasteiger partial charge in [-0.25, -0.2) is 23.5 Å². The van der Waals surface area contributed by atoms with Gasteiger partial charge < -0.3 is 54.6 Å². The Balaban J connectivity index is 0.000000299. The molecule has 3 aliphatic rings. The van der Waals surface area contributed by atoms with E-state index in [1.807, 2.05) is 36.4 Å². The van der Waals surface area contributed by atoms with Gasteiger partial charge >= 0.3 is 33.9 Å². The molecule has 5 rings (SSSR count). The zero-order valence-corrected chi connectivity index (χ0v) is 33.5. The third-order valence-corrected chi connectivity index (χ3v) is 9.62. The number of carbonyl (C=O) groups excluding carboxylic acids is 3. The first-order valence-electron chi connectivity index (χ1n) is 17.7. The normalized spacial score (nSPS) is 21.3. The fourth-order valence-corrected chi connectivity index (χ4v) is 7.28. The quantitative estimate of drug-likeness (QED) is 0.151. The second-order valence-corrected chi connectivity index (χ2v) is 18.0. The summed E-state index contributed by atoms with van der Waals surface area (Å²) in [5, 5.41) is 2.77. The van der Waals surface area contributed by atoms with Gasteiger partial charge in [0.2, 0.25) is 0 Å². The van der Waals surface area contributed by atoms with Crippen molar-refractivity contribution >= 4 is 33.9 Å². The van der Waals surface area contributed by atoms with E-state index in [0.29, 0.717) is 6.42 Å². The number of fused-ring (bicyclic) bond motifs is 3. The first-order chi connectivity index (χ1) is 25.4. The van der Waals surface area contributed by atoms with E-state index >= 15 is 0 Å². The number of hydrogen-bond donors (Lipinski definition) is 6. The number of carbonyl (C=O) groups is 3. The minimum Gasteiger partial charge on any atom is -0.449 e. The van der Waals surface area contributed by atoms with Crippen LogP contribution in [0.1, 0.15) is 71.4 Å². The molecule has 0 bridgehead atoms. The largest absolute Gasteiger partial charge is 0.469 e. The number of rotatable bonds is 9. The van der Waals surface area contributed by atoms with E-state index in [-0.39, 0.29) is 44.7 Å². The Morgan fingerprint density at radius 1 is 0.727 bits per heavy atom. The van der Waals surface area contributed by atoms with Crippen LogP contribution in [-0.2, 0) is 32.4 Å². The van der Waals surface area contributed by atoms with E-state index in [1.54, 1.807) is 41.5 Å². The number of nitrogens with one attached hydrogen (secondary N) is 1. The molecule has 18 nitrogen and oxygen atoms in total. The van der Waals surface area contributed by atoms with Crippen molar-refractivity contribution in [1.82, 2.24) is 15.1 Å². The van der Waals surface area contributed by atoms with Crippen molar-refractivity contribution in [3.8, 4) is 11.1 Å². The number of hydrogen-bond acceptors (Lipinski definition) is 11. The van der Waals surface area contributed by atoms with Gasteiger partial charge in [0.1, 0.15) is 17.8 Å². The number of nitrogens with two attached hydrogens (primary N) is 1. The number of alkyl carbamates (subject to hydrolysis) is 1. The zero-order chi connectivity index (χ0) is 40.9. The van der Waals surface area contributed by atoms with Crippen LogP contribution in [0.25, 0.3) is 11.1 Å². The van der Waals surface area contributed by atoms with Gasteiger partial charge in [-0.2, -0.15) is 0 Å². The molecule has 0 radical (unpaired) electrons. The van der Waals surface area contributed by atoms with E-state index in [0.717, 1.165) is 22.3 Å². The van der Waals surface area contributed by atoms with E-state index in [1.165, 1.54) is 9.80 Å². The standard InChI is InChI=1S/C25H31N2O8P.C10H21N2O6P/c1-25(2,3)35-24(29)27-13-16(12-17(27)14-34-36(30,31)32)26-23(28)33-15-22-20-10-6-4-8-18(20)19-9-5-7-11-21(19)22;1-10(2,3)18-9(13)12-5-7(11)4-8(12)6-17-19(14,15)16/h4-11,16-17,22H,12-15H2,1-3H3,(H,26,28)(H2,30,31,32);7-8H,4-6,11H2,1-3H3,(H2,14,15,16)/t16-,17-;7-,8-/m00/s1. The number of benzene rings is 2. The van der Waals surface area contributed by atoms with Crippen molar-refractivity contribution < 1.29 is 66.3 Å². The average molecular weight is 815 g/mol. The van der Waals surface area contributed by atoms with Crippen LogP contribution in [0.2, 0.25) is 0 Å². The predicted molar refractivity (Wildman–Crippen MR) is 199 cm³/mol. The van der Waals surface area contributed by atoms with Gasteiger partial charge in [0.25, 0.3) is 0 Å². The van der Waals surface area contributed by atoms with Crippen molar-refractivity contribution in [2.45, 2.75) is 95.7 Å². The second-order valence-electron chi connectivity index (χ2n) is 15.5. The van der Waals surface area contributed by atoms with Crippen LogP contribution in [0.5, 0.6) is 0 Å². The van der Waals surface area contributed by atoms with E-state index in [4.69, 9.17) is 39.5 Å². The van der Waals surface area contributed by atoms with Crippen molar-refractivity contribution in [3.05, 3.63) is 59.7 Å². The molecule has 20 heteroatoms. The Bertz CT molecular complexity index is 1730. The van der Waals surface area contributed by atoms with E-state index in [9.17, 15) is 23.5 Å². The molecule has 2 saturated heterocycles. The molecule has 1 aliphatic carbocycles. The topological polar surface area (TPSA) is 257 Å². The lowest BCUT2D eigenvalue weighted by molar-refractivity contribution is 0.0163. The molecule has 7 N–H and O–H groups in total. The van der Waals surface area contributed by atoms with Crippen molar-refractivity contribution in [2.75, 3.05) is 32.9 Å². The Kier molecular flexibility index (Phi) is 14.2. The summed E-state index contributed by atoms with van der Waals surface area (Å²) in [5.74, 6) is -0.0885. The molecular weight excluding hydrogens is 762 g/mol. The van der Waals surface area contributed by atoms with Crippen molar-refractivity contribution in [2.24, 2.45) is 5.73 Å². The van der Waals surface area contributed by atoms with Crippen molar-refractivity contribution in [3.63, 3.8) is 0 Å². The van der Waals surface area contributed by atoms with Gasteiger partial charge in [-0.15, -0.1) is 0 Å². The maximum atomic E-state index is 12.7. The number of ether oxygens (including phenoxy) is 3. The summed E-state index contributed by atoms with van der Waals surface area (Å²) < 4.78 is 47.1. The van der Waals surface area contributed by atoms with Crippen LogP contribution in [0, 0.1) is 0 Å². The summed E-state index contributed by atoms with van der Waals surface area (Å²) in [5.41, 5.74) is 8.80. The maximum Gasteiger partial charge on any atom is 0.469 e. The zero-order valence-electron chi connectivity index (χ0n) is 31.7. The molecule has 2 aromatic rings. The van der Waals surface area contributed by atoms with Gasteiger partial charge in [0, 0.05) is 25.0 Å². The van der Waals surface area contributed by atoms with Crippen LogP contribution in [-0.4, -0.2) is 116 Å². The molecular formula is C35H52N4O14P2. The molecule has 0 saturated carbocycles. The summed E-state index contributed by atoms with van der Waals surface area (Å²) in [6.45, 7) is 10.2. The molecule has 4 atom stereocenters. The molecule has 0 unspecified atom stereocenters. The number of likely N-dealkylation sites (tertiary alicyclic amines) is 2. The molecule has 2 fully saturated rings. The van der Waals surface area contributed by atoms with Crippen LogP contribution < -0.4 is 11.1 Å². The van der Waals surface area contributed by atoms with Gasteiger partial charge in [0.15, 0.2) is 0 Å². The molecule has 2 aliphatic heterocycles. The maximum absolute atomic E-state index is 12.7. The fraction of sp³-hybridized carbons (Fsp3) is 0.571. The highest BCUT2D eigenvalue weighted by Crippen LogP contribution is 2.44. The summed E-state index contributed by atoms with van der Waals surface area (Å²) in [6, 6.07) is 14.1. The summed E-state index contributed by atoms with van der Waals surface area (Å²) in [7, 11) is -9.29. The number of phosphoric ester groups is 2. The first-order valence-corrected chi connectivity index (χ1v) is 20.7. The molecule has 306 valence electrons.